The van der Waals surface area contributed by atoms with Crippen LogP contribution in [0.25, 0.3) is 0 Å². The molecule has 1 atom stereocenters. The summed E-state index contributed by atoms with van der Waals surface area (Å²) in [6.45, 7) is -2.41. The Morgan fingerprint density at radius 2 is 2.12 bits per heavy atom. The van der Waals surface area contributed by atoms with Crippen LogP contribution in [0.2, 0.25) is 0 Å². The first-order valence-electron chi connectivity index (χ1n) is 5.57. The molecule has 94 valence electrons. The number of alkyl halides is 2. The average Bonchev–Trinajstić information content (AvgIpc) is 3.09. The van der Waals surface area contributed by atoms with Gasteiger partial charge in [0.1, 0.15) is 5.75 Å². The van der Waals surface area contributed by atoms with Crippen LogP contribution in [0.5, 0.6) is 5.75 Å². The molecule has 0 amide bonds. The molecule has 0 saturated heterocycles. The highest BCUT2D eigenvalue weighted by atomic mass is 19.3. The van der Waals surface area contributed by atoms with Gasteiger partial charge in [-0.05, 0) is 30.5 Å². The molecule has 1 aliphatic carbocycles. The Labute approximate surface area is 98.5 Å². The van der Waals surface area contributed by atoms with E-state index in [0.717, 1.165) is 18.4 Å². The van der Waals surface area contributed by atoms with E-state index in [1.165, 1.54) is 12.1 Å². The Morgan fingerprint density at radius 3 is 2.76 bits per heavy atom. The van der Waals surface area contributed by atoms with E-state index in [0.29, 0.717) is 12.7 Å². The number of benzene rings is 1. The van der Waals surface area contributed by atoms with E-state index < -0.39 is 6.61 Å². The van der Waals surface area contributed by atoms with Crippen molar-refractivity contribution in [3.05, 3.63) is 29.8 Å². The van der Waals surface area contributed by atoms with E-state index in [4.69, 9.17) is 10.5 Å². The molecule has 1 saturated carbocycles. The van der Waals surface area contributed by atoms with Crippen LogP contribution in [-0.2, 0) is 4.74 Å². The minimum atomic E-state index is -2.82. The largest absolute Gasteiger partial charge is 0.435 e. The molecular weight excluding hydrogens is 228 g/mol. The lowest BCUT2D eigenvalue weighted by atomic mass is 10.1. The van der Waals surface area contributed by atoms with Crippen molar-refractivity contribution in [1.29, 1.82) is 0 Å². The third-order valence-corrected chi connectivity index (χ3v) is 2.55. The molecule has 5 heteroatoms. The summed E-state index contributed by atoms with van der Waals surface area (Å²) < 4.78 is 33.9. The van der Waals surface area contributed by atoms with Crippen LogP contribution < -0.4 is 10.5 Å². The van der Waals surface area contributed by atoms with Gasteiger partial charge in [0.2, 0.25) is 0 Å². The van der Waals surface area contributed by atoms with Gasteiger partial charge in [-0.25, -0.2) is 0 Å². The summed E-state index contributed by atoms with van der Waals surface area (Å²) in [6.07, 6.45) is 2.50. The van der Waals surface area contributed by atoms with Crippen molar-refractivity contribution in [3.63, 3.8) is 0 Å². The SMILES string of the molecule is N[C@@H](COC1CC1)c1cccc(OC(F)F)c1. The van der Waals surface area contributed by atoms with E-state index in [2.05, 4.69) is 4.74 Å². The molecule has 0 radical (unpaired) electrons. The maximum atomic E-state index is 12.0. The predicted molar refractivity (Wildman–Crippen MR) is 59.0 cm³/mol. The standard InChI is InChI=1S/C12H15F2NO2/c13-12(14)17-10-3-1-2-8(6-10)11(15)7-16-9-4-5-9/h1-3,6,9,11-12H,4-5,7,15H2/t11-/m0/s1. The molecule has 1 aromatic rings. The summed E-state index contributed by atoms with van der Waals surface area (Å²) in [7, 11) is 0. The Morgan fingerprint density at radius 1 is 1.35 bits per heavy atom. The number of ether oxygens (including phenoxy) is 2. The Balaban J connectivity index is 1.93. The summed E-state index contributed by atoms with van der Waals surface area (Å²) >= 11 is 0. The molecule has 0 aliphatic heterocycles. The smallest absolute Gasteiger partial charge is 0.387 e. The first-order chi connectivity index (χ1) is 8.15. The van der Waals surface area contributed by atoms with Crippen molar-refractivity contribution in [2.75, 3.05) is 6.61 Å². The van der Waals surface area contributed by atoms with Crippen molar-refractivity contribution in [3.8, 4) is 5.75 Å². The van der Waals surface area contributed by atoms with Crippen LogP contribution in [0.3, 0.4) is 0 Å². The summed E-state index contributed by atoms with van der Waals surface area (Å²) in [5.74, 6) is 0.124. The average molecular weight is 243 g/mol. The molecular formula is C12H15F2NO2. The summed E-state index contributed by atoms with van der Waals surface area (Å²) in [6, 6.07) is 6.11. The molecule has 0 bridgehead atoms. The Bertz CT molecular complexity index is 369. The van der Waals surface area contributed by atoms with Crippen LogP contribution in [0, 0.1) is 0 Å². The van der Waals surface area contributed by atoms with Crippen molar-refractivity contribution < 1.29 is 18.3 Å². The monoisotopic (exact) mass is 243 g/mol. The fourth-order valence-electron chi connectivity index (χ4n) is 1.49. The van der Waals surface area contributed by atoms with Crippen LogP contribution in [0.1, 0.15) is 24.4 Å². The molecule has 1 aromatic carbocycles. The zero-order valence-corrected chi connectivity index (χ0v) is 9.31. The first kappa shape index (κ1) is 12.3. The van der Waals surface area contributed by atoms with Gasteiger partial charge in [-0.3, -0.25) is 0 Å². The molecule has 0 heterocycles. The van der Waals surface area contributed by atoms with Gasteiger partial charge in [-0.15, -0.1) is 0 Å². The lowest BCUT2D eigenvalue weighted by Gasteiger charge is -2.13. The number of hydrogen-bond acceptors (Lipinski definition) is 3. The van der Waals surface area contributed by atoms with Gasteiger partial charge in [0.15, 0.2) is 0 Å². The number of hydrogen-bond donors (Lipinski definition) is 1. The molecule has 17 heavy (non-hydrogen) atoms. The quantitative estimate of drug-likeness (QED) is 0.834. The van der Waals surface area contributed by atoms with Crippen LogP contribution in [-0.4, -0.2) is 19.3 Å². The highest BCUT2D eigenvalue weighted by Gasteiger charge is 2.23. The van der Waals surface area contributed by atoms with Gasteiger partial charge in [-0.1, -0.05) is 12.1 Å². The molecule has 1 aliphatic rings. The molecule has 0 spiro atoms. The fourth-order valence-corrected chi connectivity index (χ4v) is 1.49. The van der Waals surface area contributed by atoms with Gasteiger partial charge in [0, 0.05) is 0 Å². The second-order valence-electron chi connectivity index (χ2n) is 4.09. The predicted octanol–water partition coefficient (Wildman–Crippen LogP) is 2.47. The highest BCUT2D eigenvalue weighted by molar-refractivity contribution is 5.30. The maximum absolute atomic E-state index is 12.0. The van der Waals surface area contributed by atoms with Crippen LogP contribution in [0.15, 0.2) is 24.3 Å². The van der Waals surface area contributed by atoms with E-state index in [1.54, 1.807) is 12.1 Å². The van der Waals surface area contributed by atoms with Gasteiger partial charge < -0.3 is 15.2 Å². The third kappa shape index (κ3) is 3.94. The van der Waals surface area contributed by atoms with E-state index in [-0.39, 0.29) is 11.8 Å². The molecule has 0 unspecified atom stereocenters. The number of nitrogens with two attached hydrogens (primary N) is 1. The fraction of sp³-hybridized carbons (Fsp3) is 0.500. The van der Waals surface area contributed by atoms with Gasteiger partial charge in [0.25, 0.3) is 0 Å². The Kier molecular flexibility index (Phi) is 3.91. The van der Waals surface area contributed by atoms with Gasteiger partial charge >= 0.3 is 6.61 Å². The van der Waals surface area contributed by atoms with Gasteiger partial charge in [-0.2, -0.15) is 8.78 Å². The van der Waals surface area contributed by atoms with E-state index in [1.807, 2.05) is 0 Å². The third-order valence-electron chi connectivity index (χ3n) is 2.55. The summed E-state index contributed by atoms with van der Waals surface area (Å²) in [5.41, 5.74) is 6.64. The lowest BCUT2D eigenvalue weighted by Crippen LogP contribution is -2.18. The van der Waals surface area contributed by atoms with Gasteiger partial charge in [0.05, 0.1) is 18.8 Å². The topological polar surface area (TPSA) is 44.5 Å². The number of halogens is 2. The molecule has 1 fully saturated rings. The first-order valence-corrected chi connectivity index (χ1v) is 5.57. The Hall–Kier alpha value is -1.20. The maximum Gasteiger partial charge on any atom is 0.387 e. The van der Waals surface area contributed by atoms with E-state index in [9.17, 15) is 8.78 Å². The molecule has 2 rings (SSSR count). The minimum absolute atomic E-state index is 0.124. The number of rotatable bonds is 6. The van der Waals surface area contributed by atoms with Crippen LogP contribution in [0.4, 0.5) is 8.78 Å². The molecule has 2 N–H and O–H groups in total. The van der Waals surface area contributed by atoms with Crippen molar-refractivity contribution in [2.24, 2.45) is 5.73 Å². The van der Waals surface area contributed by atoms with Crippen molar-refractivity contribution in [2.45, 2.75) is 31.6 Å². The van der Waals surface area contributed by atoms with Crippen molar-refractivity contribution >= 4 is 0 Å². The lowest BCUT2D eigenvalue weighted by molar-refractivity contribution is -0.0499. The minimum Gasteiger partial charge on any atom is -0.435 e. The molecule has 3 nitrogen and oxygen atoms in total. The van der Waals surface area contributed by atoms with E-state index >= 15 is 0 Å². The summed E-state index contributed by atoms with van der Waals surface area (Å²) in [5, 5.41) is 0. The van der Waals surface area contributed by atoms with Crippen molar-refractivity contribution in [1.82, 2.24) is 0 Å². The second kappa shape index (κ2) is 5.42. The molecule has 0 aromatic heterocycles. The second-order valence-corrected chi connectivity index (χ2v) is 4.09. The zero-order chi connectivity index (χ0) is 12.3. The zero-order valence-electron chi connectivity index (χ0n) is 9.31. The summed E-state index contributed by atoms with van der Waals surface area (Å²) in [4.78, 5) is 0. The van der Waals surface area contributed by atoms with Crippen LogP contribution >= 0.6 is 0 Å². The normalized spacial score (nSPS) is 17.2. The highest BCUT2D eigenvalue weighted by Crippen LogP contribution is 2.26.